The van der Waals surface area contributed by atoms with Crippen LogP contribution in [-0.4, -0.2) is 24.4 Å². The monoisotopic (exact) mass is 265 g/mol. The van der Waals surface area contributed by atoms with Crippen LogP contribution in [0.25, 0.3) is 0 Å². The average Bonchev–Trinajstić information content (AvgIpc) is 2.26. The molecule has 0 amide bonds. The quantitative estimate of drug-likeness (QED) is 0.784. The molecule has 0 bridgehead atoms. The Bertz CT molecular complexity index is 462. The molecule has 1 rings (SSSR count). The van der Waals surface area contributed by atoms with E-state index in [0.29, 0.717) is 0 Å². The highest BCUT2D eigenvalue weighted by atomic mass is 19.4. The molecule has 1 aromatic rings. The Hall–Kier alpha value is -2.03. The lowest BCUT2D eigenvalue weighted by molar-refractivity contribution is -0.276. The molecule has 0 aromatic carbocycles. The summed E-state index contributed by atoms with van der Waals surface area (Å²) in [6.07, 6.45) is -4.99. The molecule has 100 valence electrons. The van der Waals surface area contributed by atoms with Gasteiger partial charge in [-0.05, 0) is 6.07 Å². The van der Waals surface area contributed by atoms with Crippen molar-refractivity contribution in [3.8, 4) is 5.88 Å². The number of ether oxygens (including phenoxy) is 2. The number of aromatic nitrogens is 1. The molecule has 0 fully saturated rings. The maximum atomic E-state index is 12.1. The number of halogens is 3. The molecule has 0 saturated heterocycles. The fraction of sp³-hybridized carbons (Fsp3) is 0.333. The van der Waals surface area contributed by atoms with Gasteiger partial charge in [0.05, 0.1) is 7.11 Å². The van der Waals surface area contributed by atoms with Gasteiger partial charge in [0.2, 0.25) is 5.88 Å². The lowest BCUT2D eigenvalue weighted by atomic mass is 10.2. The maximum absolute atomic E-state index is 12.1. The third-order valence-corrected chi connectivity index (χ3v) is 1.94. The average molecular weight is 265 g/mol. The minimum Gasteiger partial charge on any atom is -0.465 e. The van der Waals surface area contributed by atoms with Gasteiger partial charge in [-0.15, -0.1) is 13.2 Å². The number of carbonyl (C=O) groups excluding carboxylic acids is 1. The van der Waals surface area contributed by atoms with E-state index in [1.165, 1.54) is 0 Å². The highest BCUT2D eigenvalue weighted by Gasteiger charge is 2.34. The summed E-state index contributed by atoms with van der Waals surface area (Å²) >= 11 is 0. The van der Waals surface area contributed by atoms with Crippen LogP contribution in [0.15, 0.2) is 6.07 Å². The van der Waals surface area contributed by atoms with E-state index in [2.05, 4.69) is 14.5 Å². The zero-order valence-electron chi connectivity index (χ0n) is 9.25. The van der Waals surface area contributed by atoms with Crippen LogP contribution in [0.1, 0.15) is 15.9 Å². The second-order valence-corrected chi connectivity index (χ2v) is 3.13. The van der Waals surface area contributed by atoms with Gasteiger partial charge in [0, 0.05) is 12.1 Å². The van der Waals surface area contributed by atoms with Crippen LogP contribution in [0.2, 0.25) is 0 Å². The number of alkyl halides is 3. The van der Waals surface area contributed by atoms with Crippen LogP contribution >= 0.6 is 0 Å². The third kappa shape index (κ3) is 3.23. The summed E-state index contributed by atoms with van der Waals surface area (Å²) in [6.45, 7) is -0.0882. The molecule has 0 saturated carbocycles. The van der Waals surface area contributed by atoms with Crippen molar-refractivity contribution < 1.29 is 27.4 Å². The van der Waals surface area contributed by atoms with Crippen molar-refractivity contribution in [2.45, 2.75) is 12.9 Å². The molecule has 0 aliphatic rings. The van der Waals surface area contributed by atoms with E-state index in [1.54, 1.807) is 0 Å². The number of nitrogen functional groups attached to an aromatic ring is 1. The van der Waals surface area contributed by atoms with E-state index in [9.17, 15) is 18.0 Å². The van der Waals surface area contributed by atoms with Crippen LogP contribution in [0, 0.1) is 0 Å². The lowest BCUT2D eigenvalue weighted by Crippen LogP contribution is -2.21. The topological polar surface area (TPSA) is 100 Å². The minimum atomic E-state index is -4.99. The van der Waals surface area contributed by atoms with Crippen molar-refractivity contribution in [1.82, 2.24) is 4.98 Å². The van der Waals surface area contributed by atoms with Crippen molar-refractivity contribution >= 4 is 11.8 Å². The fourth-order valence-electron chi connectivity index (χ4n) is 1.16. The summed E-state index contributed by atoms with van der Waals surface area (Å²) in [5.41, 5.74) is 10.4. The second kappa shape index (κ2) is 5.08. The Morgan fingerprint density at radius 2 is 2.11 bits per heavy atom. The van der Waals surface area contributed by atoms with Gasteiger partial charge in [-0.3, -0.25) is 0 Å². The van der Waals surface area contributed by atoms with E-state index < -0.39 is 23.8 Å². The first-order valence-electron chi connectivity index (χ1n) is 4.62. The summed E-state index contributed by atoms with van der Waals surface area (Å²) in [5.74, 6) is -2.25. The van der Waals surface area contributed by atoms with E-state index >= 15 is 0 Å². The lowest BCUT2D eigenvalue weighted by Gasteiger charge is -2.13. The summed E-state index contributed by atoms with van der Waals surface area (Å²) in [7, 11) is 1.01. The van der Waals surface area contributed by atoms with Gasteiger partial charge in [0.15, 0.2) is 0 Å². The van der Waals surface area contributed by atoms with Crippen LogP contribution in [0.3, 0.4) is 0 Å². The SMILES string of the molecule is COC(=O)c1cc(CN)c(N)nc1OC(F)(F)F. The molecule has 0 radical (unpaired) electrons. The molecule has 1 aromatic heterocycles. The highest BCUT2D eigenvalue weighted by Crippen LogP contribution is 2.27. The number of anilines is 1. The Kier molecular flexibility index (Phi) is 3.96. The van der Waals surface area contributed by atoms with Crippen LogP contribution in [0.4, 0.5) is 19.0 Å². The highest BCUT2D eigenvalue weighted by molar-refractivity contribution is 5.92. The third-order valence-electron chi connectivity index (χ3n) is 1.94. The Labute approximate surface area is 99.7 Å². The first kappa shape index (κ1) is 14.0. The number of nitrogens with two attached hydrogens (primary N) is 2. The molecule has 0 unspecified atom stereocenters. The Balaban J connectivity index is 3.30. The van der Waals surface area contributed by atoms with E-state index in [4.69, 9.17) is 11.5 Å². The van der Waals surface area contributed by atoms with Crippen molar-refractivity contribution in [2.24, 2.45) is 5.73 Å². The smallest absolute Gasteiger partial charge is 0.465 e. The molecule has 0 aliphatic heterocycles. The van der Waals surface area contributed by atoms with Gasteiger partial charge in [-0.1, -0.05) is 0 Å². The summed E-state index contributed by atoms with van der Waals surface area (Å²) in [5, 5.41) is 0. The molecular weight excluding hydrogens is 255 g/mol. The molecule has 4 N–H and O–H groups in total. The van der Waals surface area contributed by atoms with Crippen molar-refractivity contribution in [1.29, 1.82) is 0 Å². The Morgan fingerprint density at radius 3 is 2.56 bits per heavy atom. The number of hydrogen-bond acceptors (Lipinski definition) is 6. The van der Waals surface area contributed by atoms with Gasteiger partial charge in [-0.25, -0.2) is 4.79 Å². The largest absolute Gasteiger partial charge is 0.574 e. The molecule has 6 nitrogen and oxygen atoms in total. The molecule has 0 aliphatic carbocycles. The first-order valence-corrected chi connectivity index (χ1v) is 4.62. The van der Waals surface area contributed by atoms with E-state index in [0.717, 1.165) is 13.2 Å². The number of methoxy groups -OCH3 is 1. The van der Waals surface area contributed by atoms with Gasteiger partial charge in [0.25, 0.3) is 0 Å². The zero-order chi connectivity index (χ0) is 13.9. The molecule has 18 heavy (non-hydrogen) atoms. The maximum Gasteiger partial charge on any atom is 0.574 e. The standard InChI is InChI=1S/C9H10F3N3O3/c1-17-8(16)5-2-4(3-13)6(14)15-7(5)18-9(10,11)12/h2H,3,13H2,1H3,(H2,14,15). The summed E-state index contributed by atoms with van der Waals surface area (Å²) in [6, 6.07) is 1.05. The summed E-state index contributed by atoms with van der Waals surface area (Å²) < 4.78 is 44.3. The predicted octanol–water partition coefficient (Wildman–Crippen LogP) is 0.808. The van der Waals surface area contributed by atoms with Crippen molar-refractivity contribution in [3.63, 3.8) is 0 Å². The van der Waals surface area contributed by atoms with Gasteiger partial charge in [-0.2, -0.15) is 4.98 Å². The van der Waals surface area contributed by atoms with Crippen molar-refractivity contribution in [2.75, 3.05) is 12.8 Å². The second-order valence-electron chi connectivity index (χ2n) is 3.13. The Morgan fingerprint density at radius 1 is 1.50 bits per heavy atom. The molecule has 9 heteroatoms. The minimum absolute atomic E-state index is 0.0882. The number of carbonyl (C=O) groups is 1. The van der Waals surface area contributed by atoms with Gasteiger partial charge in [0.1, 0.15) is 11.4 Å². The molecule has 0 spiro atoms. The van der Waals surface area contributed by atoms with Crippen LogP contribution in [-0.2, 0) is 11.3 Å². The number of esters is 1. The number of pyridine rings is 1. The number of hydrogen-bond donors (Lipinski definition) is 2. The summed E-state index contributed by atoms with van der Waals surface area (Å²) in [4.78, 5) is 14.7. The van der Waals surface area contributed by atoms with E-state index in [-0.39, 0.29) is 17.9 Å². The van der Waals surface area contributed by atoms with Gasteiger partial charge >= 0.3 is 12.3 Å². The van der Waals surface area contributed by atoms with Crippen LogP contribution < -0.4 is 16.2 Å². The van der Waals surface area contributed by atoms with Crippen LogP contribution in [0.5, 0.6) is 5.88 Å². The predicted molar refractivity (Wildman–Crippen MR) is 54.6 cm³/mol. The number of rotatable bonds is 3. The molecule has 1 heterocycles. The molecular formula is C9H10F3N3O3. The zero-order valence-corrected chi connectivity index (χ0v) is 9.25. The fourth-order valence-corrected chi connectivity index (χ4v) is 1.16. The number of nitrogens with zero attached hydrogens (tertiary/aromatic N) is 1. The van der Waals surface area contributed by atoms with Gasteiger partial charge < -0.3 is 20.9 Å². The normalized spacial score (nSPS) is 11.2. The van der Waals surface area contributed by atoms with E-state index in [1.807, 2.05) is 0 Å². The van der Waals surface area contributed by atoms with Crippen molar-refractivity contribution in [3.05, 3.63) is 17.2 Å². The molecule has 0 atom stereocenters. The first-order chi connectivity index (χ1) is 8.28.